The maximum atomic E-state index is 13.5. The van der Waals surface area contributed by atoms with Crippen molar-refractivity contribution in [3.05, 3.63) is 30.1 Å². The molecule has 2 fully saturated rings. The van der Waals surface area contributed by atoms with Crippen molar-refractivity contribution in [2.75, 3.05) is 19.6 Å². The van der Waals surface area contributed by atoms with Gasteiger partial charge in [-0.25, -0.2) is 4.79 Å². The third-order valence-corrected chi connectivity index (χ3v) is 6.06. The molecule has 1 unspecified atom stereocenters. The smallest absolute Gasteiger partial charge is 0.309 e. The number of piperidine rings is 1. The van der Waals surface area contributed by atoms with Gasteiger partial charge in [-0.3, -0.25) is 14.7 Å². The number of pyridine rings is 1. The third-order valence-electron chi connectivity index (χ3n) is 6.06. The molecule has 1 aromatic heterocycles. The van der Waals surface area contributed by atoms with Crippen LogP contribution in [0.1, 0.15) is 52.7 Å². The number of likely N-dealkylation sites (tertiary alicyclic amines) is 1. The fourth-order valence-electron chi connectivity index (χ4n) is 4.27. The molecular formula is C21H32N4O2. The van der Waals surface area contributed by atoms with Crippen LogP contribution in [0, 0.1) is 5.92 Å². The number of imide groups is 1. The first-order valence-corrected chi connectivity index (χ1v) is 10.2. The zero-order valence-corrected chi connectivity index (χ0v) is 17.0. The highest BCUT2D eigenvalue weighted by molar-refractivity contribution is 6.07. The molecule has 1 atom stereocenters. The van der Waals surface area contributed by atoms with Crippen LogP contribution in [0.2, 0.25) is 0 Å². The second kappa shape index (κ2) is 7.97. The summed E-state index contributed by atoms with van der Waals surface area (Å²) < 4.78 is 0. The minimum Gasteiger partial charge on any atom is -0.309 e. The van der Waals surface area contributed by atoms with Crippen LogP contribution < -0.4 is 0 Å². The molecule has 0 saturated carbocycles. The van der Waals surface area contributed by atoms with Gasteiger partial charge in [0.1, 0.15) is 5.54 Å². The minimum atomic E-state index is -0.680. The van der Waals surface area contributed by atoms with E-state index in [0.717, 1.165) is 25.2 Å². The molecule has 0 radical (unpaired) electrons. The van der Waals surface area contributed by atoms with E-state index in [1.165, 1.54) is 4.90 Å². The van der Waals surface area contributed by atoms with E-state index in [9.17, 15) is 9.59 Å². The number of carbonyl (C=O) groups excluding carboxylic acids is 2. The van der Waals surface area contributed by atoms with E-state index in [-0.39, 0.29) is 18.5 Å². The van der Waals surface area contributed by atoms with Gasteiger partial charge in [0.2, 0.25) is 0 Å². The van der Waals surface area contributed by atoms with Gasteiger partial charge >= 0.3 is 6.03 Å². The molecule has 1 spiro atoms. The lowest BCUT2D eigenvalue weighted by atomic mass is 9.84. The molecule has 3 amide bonds. The van der Waals surface area contributed by atoms with Gasteiger partial charge < -0.3 is 9.80 Å². The molecule has 0 bridgehead atoms. The lowest BCUT2D eigenvalue weighted by Gasteiger charge is -2.44. The van der Waals surface area contributed by atoms with E-state index >= 15 is 0 Å². The van der Waals surface area contributed by atoms with Crippen LogP contribution in [-0.2, 0) is 11.3 Å². The zero-order chi connectivity index (χ0) is 19.6. The van der Waals surface area contributed by atoms with Crippen molar-refractivity contribution in [2.24, 2.45) is 5.92 Å². The van der Waals surface area contributed by atoms with Gasteiger partial charge in [0, 0.05) is 31.9 Å². The Kier molecular flexibility index (Phi) is 5.84. The molecule has 6 nitrogen and oxygen atoms in total. The number of nitrogens with zero attached hydrogens (tertiary/aromatic N) is 4. The van der Waals surface area contributed by atoms with Gasteiger partial charge in [0.05, 0.1) is 12.2 Å². The fraction of sp³-hybridized carbons (Fsp3) is 0.667. The summed E-state index contributed by atoms with van der Waals surface area (Å²) in [7, 11) is 0. The van der Waals surface area contributed by atoms with E-state index in [1.807, 2.05) is 23.1 Å². The normalized spacial score (nSPS) is 21.5. The predicted octanol–water partition coefficient (Wildman–Crippen LogP) is 3.13. The van der Waals surface area contributed by atoms with Crippen LogP contribution in [-0.4, -0.2) is 62.8 Å². The van der Waals surface area contributed by atoms with E-state index in [0.29, 0.717) is 31.3 Å². The highest BCUT2D eigenvalue weighted by Gasteiger charge is 2.58. The van der Waals surface area contributed by atoms with Crippen molar-refractivity contribution in [3.63, 3.8) is 0 Å². The summed E-state index contributed by atoms with van der Waals surface area (Å²) in [5, 5.41) is 0. The van der Waals surface area contributed by atoms with Crippen molar-refractivity contribution in [1.29, 1.82) is 0 Å². The van der Waals surface area contributed by atoms with E-state index in [2.05, 4.69) is 37.6 Å². The molecule has 3 heterocycles. The largest absolute Gasteiger partial charge is 0.328 e. The second-order valence-corrected chi connectivity index (χ2v) is 8.32. The van der Waals surface area contributed by atoms with E-state index < -0.39 is 5.54 Å². The zero-order valence-electron chi connectivity index (χ0n) is 17.0. The number of hydrogen-bond acceptors (Lipinski definition) is 4. The van der Waals surface area contributed by atoms with Gasteiger partial charge in [-0.15, -0.1) is 0 Å². The van der Waals surface area contributed by atoms with Crippen molar-refractivity contribution in [3.8, 4) is 0 Å². The molecule has 6 heteroatoms. The van der Waals surface area contributed by atoms with Crippen molar-refractivity contribution < 1.29 is 9.59 Å². The molecule has 0 N–H and O–H groups in total. The third kappa shape index (κ3) is 3.72. The number of rotatable bonds is 6. The summed E-state index contributed by atoms with van der Waals surface area (Å²) >= 11 is 0. The number of aromatic nitrogens is 1. The molecule has 3 rings (SSSR count). The number of amides is 3. The van der Waals surface area contributed by atoms with E-state index in [4.69, 9.17) is 0 Å². The summed E-state index contributed by atoms with van der Waals surface area (Å²) in [6.45, 7) is 11.2. The Labute approximate surface area is 162 Å². The van der Waals surface area contributed by atoms with Crippen LogP contribution in [0.5, 0.6) is 0 Å². The molecule has 2 aliphatic heterocycles. The number of hydrogen-bond donors (Lipinski definition) is 0. The minimum absolute atomic E-state index is 0.0393. The lowest BCUT2D eigenvalue weighted by Crippen LogP contribution is -2.58. The second-order valence-electron chi connectivity index (χ2n) is 8.32. The molecule has 0 aromatic carbocycles. The first kappa shape index (κ1) is 19.8. The van der Waals surface area contributed by atoms with Crippen LogP contribution >= 0.6 is 0 Å². The predicted molar refractivity (Wildman–Crippen MR) is 105 cm³/mol. The summed E-state index contributed by atoms with van der Waals surface area (Å²) in [6.07, 6.45) is 4.23. The molecule has 148 valence electrons. The number of urea groups is 1. The Balaban J connectivity index is 1.84. The standard InChI is InChI=1S/C21H32N4O2/c1-5-17(4)23-12-9-21(10-13-23)19(26)24(15-18-8-6-7-11-22-18)20(27)25(21)14-16(2)3/h6-8,11,16-17H,5,9-10,12-15H2,1-4H3. The summed E-state index contributed by atoms with van der Waals surface area (Å²) in [4.78, 5) is 36.7. The number of carbonyl (C=O) groups is 2. The highest BCUT2D eigenvalue weighted by Crippen LogP contribution is 2.39. The molecule has 2 saturated heterocycles. The Morgan fingerprint density at radius 3 is 2.41 bits per heavy atom. The Morgan fingerprint density at radius 2 is 1.85 bits per heavy atom. The molecule has 0 aliphatic carbocycles. The van der Waals surface area contributed by atoms with E-state index in [1.54, 1.807) is 6.20 Å². The van der Waals surface area contributed by atoms with Gasteiger partial charge in [-0.05, 0) is 44.2 Å². The van der Waals surface area contributed by atoms with Crippen LogP contribution in [0.3, 0.4) is 0 Å². The van der Waals surface area contributed by atoms with Gasteiger partial charge in [-0.2, -0.15) is 0 Å². The van der Waals surface area contributed by atoms with Crippen LogP contribution in [0.4, 0.5) is 4.79 Å². The molecule has 1 aromatic rings. The quantitative estimate of drug-likeness (QED) is 0.720. The van der Waals surface area contributed by atoms with Gasteiger partial charge in [0.25, 0.3) is 5.91 Å². The first-order chi connectivity index (χ1) is 12.9. The van der Waals surface area contributed by atoms with Crippen molar-refractivity contribution in [2.45, 2.75) is 65.1 Å². The fourth-order valence-corrected chi connectivity index (χ4v) is 4.27. The topological polar surface area (TPSA) is 56.8 Å². The average Bonchev–Trinajstić information content (AvgIpc) is 2.85. The monoisotopic (exact) mass is 372 g/mol. The molecular weight excluding hydrogens is 340 g/mol. The maximum Gasteiger partial charge on any atom is 0.328 e. The van der Waals surface area contributed by atoms with Crippen LogP contribution in [0.15, 0.2) is 24.4 Å². The summed E-state index contributed by atoms with van der Waals surface area (Å²) in [5.41, 5.74) is 0.0675. The maximum absolute atomic E-state index is 13.5. The highest BCUT2D eigenvalue weighted by atomic mass is 16.2. The first-order valence-electron chi connectivity index (χ1n) is 10.2. The summed E-state index contributed by atoms with van der Waals surface area (Å²) in [6, 6.07) is 5.95. The Bertz CT molecular complexity index is 668. The molecule has 2 aliphatic rings. The Morgan fingerprint density at radius 1 is 1.15 bits per heavy atom. The average molecular weight is 373 g/mol. The van der Waals surface area contributed by atoms with Crippen molar-refractivity contribution in [1.82, 2.24) is 19.7 Å². The lowest BCUT2D eigenvalue weighted by molar-refractivity contribution is -0.136. The van der Waals surface area contributed by atoms with Crippen molar-refractivity contribution >= 4 is 11.9 Å². The molecule has 27 heavy (non-hydrogen) atoms. The SMILES string of the molecule is CCC(C)N1CCC2(CC1)C(=O)N(Cc1ccccn1)C(=O)N2CC(C)C. The van der Waals surface area contributed by atoms with Gasteiger partial charge in [0.15, 0.2) is 0 Å². The summed E-state index contributed by atoms with van der Waals surface area (Å²) in [5.74, 6) is 0.281. The van der Waals surface area contributed by atoms with Crippen LogP contribution in [0.25, 0.3) is 0 Å². The Hall–Kier alpha value is -1.95. The van der Waals surface area contributed by atoms with Gasteiger partial charge in [-0.1, -0.05) is 26.8 Å².